The first kappa shape index (κ1) is 34.1. The Labute approximate surface area is 261 Å². The van der Waals surface area contributed by atoms with Crippen molar-refractivity contribution in [2.75, 3.05) is 0 Å². The number of benzene rings is 4. The topological polar surface area (TPSA) is 0 Å². The quantitative estimate of drug-likeness (QED) is 0.154. The van der Waals surface area contributed by atoms with E-state index >= 15 is 0 Å². The third-order valence-corrected chi connectivity index (χ3v) is 7.05. The fraction of sp³-hybridized carbons (Fsp3) is 0.206. The van der Waals surface area contributed by atoms with E-state index in [0.717, 1.165) is 0 Å². The van der Waals surface area contributed by atoms with Gasteiger partial charge in [0.25, 0.3) is 0 Å². The van der Waals surface area contributed by atoms with Crippen molar-refractivity contribution in [2.45, 2.75) is 47.0 Å². The molecule has 194 valence electrons. The average Bonchev–Trinajstić information content (AvgIpc) is 3.17. The number of hydrogen-bond acceptors (Lipinski definition) is 0. The van der Waals surface area contributed by atoms with Gasteiger partial charge in [0.15, 0.2) is 0 Å². The van der Waals surface area contributed by atoms with E-state index in [0.29, 0.717) is 0 Å². The van der Waals surface area contributed by atoms with Gasteiger partial charge in [-0.15, -0.1) is 40.6 Å². The zero-order chi connectivity index (χ0) is 24.0. The second-order valence-electron chi connectivity index (χ2n) is 10.2. The Balaban J connectivity index is 0.00000180. The van der Waals surface area contributed by atoms with Crippen LogP contribution in [-0.2, 0) is 27.1 Å². The number of hydrogen-bond donors (Lipinski definition) is 0. The van der Waals surface area contributed by atoms with Crippen molar-refractivity contribution in [3.05, 3.63) is 147 Å². The minimum atomic E-state index is -0.423. The Kier molecular flexibility index (Phi) is 12.0. The molecule has 0 atom stereocenters. The summed E-state index contributed by atoms with van der Waals surface area (Å²) in [6.07, 6.45) is 0. The molecular formula is C34H33Cl3Ti. The van der Waals surface area contributed by atoms with Crippen molar-refractivity contribution >= 4 is 10.8 Å². The van der Waals surface area contributed by atoms with Crippen LogP contribution in [0.3, 0.4) is 0 Å². The summed E-state index contributed by atoms with van der Waals surface area (Å²) in [4.78, 5) is 0. The summed E-state index contributed by atoms with van der Waals surface area (Å²) >= 11 is 0. The maximum atomic E-state index is 2.39. The van der Waals surface area contributed by atoms with Gasteiger partial charge in [-0.1, -0.05) is 94.0 Å². The molecule has 0 spiro atoms. The molecule has 0 saturated carbocycles. The molecule has 0 amide bonds. The first-order chi connectivity index (χ1) is 16.3. The molecule has 0 aliphatic heterocycles. The van der Waals surface area contributed by atoms with Gasteiger partial charge in [0.05, 0.1) is 0 Å². The van der Waals surface area contributed by atoms with Crippen LogP contribution in [0.1, 0.15) is 55.6 Å². The van der Waals surface area contributed by atoms with Crippen molar-refractivity contribution in [3.63, 3.8) is 0 Å². The van der Waals surface area contributed by atoms with Gasteiger partial charge in [0, 0.05) is 5.41 Å². The van der Waals surface area contributed by atoms with Crippen LogP contribution in [0, 0.1) is 41.5 Å². The fourth-order valence-electron chi connectivity index (χ4n) is 6.02. The first-order valence-corrected chi connectivity index (χ1v) is 12.2. The van der Waals surface area contributed by atoms with Gasteiger partial charge in [-0.05, 0) is 58.2 Å². The maximum absolute atomic E-state index is 2.39. The van der Waals surface area contributed by atoms with Gasteiger partial charge in [0.1, 0.15) is 0 Å². The van der Waals surface area contributed by atoms with Gasteiger partial charge in [-0.2, -0.15) is 6.07 Å². The molecule has 0 aliphatic carbocycles. The molecule has 0 fully saturated rings. The summed E-state index contributed by atoms with van der Waals surface area (Å²) in [6, 6.07) is 34.7. The molecule has 5 aromatic carbocycles. The largest absolute Gasteiger partial charge is 4.00 e. The van der Waals surface area contributed by atoms with E-state index in [1.807, 2.05) is 0 Å². The third-order valence-electron chi connectivity index (χ3n) is 7.05. The molecule has 0 bridgehead atoms. The van der Waals surface area contributed by atoms with Crippen molar-refractivity contribution in [1.29, 1.82) is 0 Å². The molecule has 5 aromatic rings. The molecule has 0 radical (unpaired) electrons. The second kappa shape index (κ2) is 13.4. The van der Waals surface area contributed by atoms with E-state index in [4.69, 9.17) is 0 Å². The van der Waals surface area contributed by atoms with E-state index in [2.05, 4.69) is 133 Å². The van der Waals surface area contributed by atoms with Gasteiger partial charge >= 0.3 is 21.7 Å². The monoisotopic (exact) mass is 594 g/mol. The van der Waals surface area contributed by atoms with Crippen molar-refractivity contribution in [1.82, 2.24) is 0 Å². The van der Waals surface area contributed by atoms with Gasteiger partial charge < -0.3 is 37.2 Å². The maximum Gasteiger partial charge on any atom is 4.00 e. The SMILES string of the molecule is Cc1cc(C)cc(C(c2cc(C)cc(C)c2)(c2cc(C)cc(C)c2)[c-]2ccc3ccccc32)c1.[Cl-].[Cl-].[Cl-].[Ti+4]. The number of halogens is 3. The fourth-order valence-corrected chi connectivity index (χ4v) is 6.02. The predicted octanol–water partition coefficient (Wildman–Crippen LogP) is -0.199. The van der Waals surface area contributed by atoms with Crippen LogP contribution in [0.5, 0.6) is 0 Å². The minimum absolute atomic E-state index is 0. The Morgan fingerprint density at radius 3 is 1.18 bits per heavy atom. The summed E-state index contributed by atoms with van der Waals surface area (Å²) in [5.41, 5.74) is 12.7. The van der Waals surface area contributed by atoms with Crippen LogP contribution in [0.2, 0.25) is 0 Å². The average molecular weight is 596 g/mol. The Morgan fingerprint density at radius 2 is 0.816 bits per heavy atom. The van der Waals surface area contributed by atoms with E-state index in [1.54, 1.807) is 0 Å². The second-order valence-corrected chi connectivity index (χ2v) is 10.2. The van der Waals surface area contributed by atoms with Gasteiger partial charge in [0.2, 0.25) is 0 Å². The number of aryl methyl sites for hydroxylation is 6. The standard InChI is InChI=1S/C34H33.3ClH.Ti/c1-22-13-23(2)17-29(16-22)34(30-18-24(3)14-25(4)19-30,31-20-26(5)15-27(6)21-31)33-12-11-28-9-7-8-10-32(28)33;;;;/h7-21H,1-6H3;3*1H;/q-1;;;;+4/p-3. The Hall–Kier alpha value is -1.93. The molecule has 0 aromatic heterocycles. The van der Waals surface area contributed by atoms with Crippen LogP contribution in [0.25, 0.3) is 10.8 Å². The van der Waals surface area contributed by atoms with Crippen molar-refractivity contribution < 1.29 is 58.9 Å². The number of fused-ring (bicyclic) bond motifs is 1. The summed E-state index contributed by atoms with van der Waals surface area (Å²) in [6.45, 7) is 13.3. The summed E-state index contributed by atoms with van der Waals surface area (Å²) < 4.78 is 0. The van der Waals surface area contributed by atoms with Crippen molar-refractivity contribution in [3.8, 4) is 0 Å². The molecule has 0 saturated heterocycles. The van der Waals surface area contributed by atoms with Crippen molar-refractivity contribution in [2.24, 2.45) is 0 Å². The summed E-state index contributed by atoms with van der Waals surface area (Å²) in [7, 11) is 0. The molecule has 0 unspecified atom stereocenters. The van der Waals surface area contributed by atoms with E-state index in [1.165, 1.54) is 66.4 Å². The first-order valence-electron chi connectivity index (χ1n) is 12.2. The molecule has 0 nitrogen and oxygen atoms in total. The molecule has 0 aliphatic rings. The number of rotatable bonds is 4. The minimum Gasteiger partial charge on any atom is -1.00 e. The van der Waals surface area contributed by atoms with Crippen LogP contribution < -0.4 is 37.2 Å². The molecular weight excluding hydrogens is 563 g/mol. The molecule has 0 heterocycles. The molecule has 38 heavy (non-hydrogen) atoms. The van der Waals surface area contributed by atoms with Gasteiger partial charge in [-0.25, -0.2) is 0 Å². The molecule has 0 N–H and O–H groups in total. The van der Waals surface area contributed by atoms with E-state index in [9.17, 15) is 0 Å². The van der Waals surface area contributed by atoms with Crippen LogP contribution >= 0.6 is 0 Å². The third kappa shape index (κ3) is 6.11. The zero-order valence-corrected chi connectivity index (χ0v) is 26.6. The van der Waals surface area contributed by atoms with E-state index < -0.39 is 5.41 Å². The summed E-state index contributed by atoms with van der Waals surface area (Å²) in [5, 5.41) is 2.61. The summed E-state index contributed by atoms with van der Waals surface area (Å²) in [5.74, 6) is 0. The predicted molar refractivity (Wildman–Crippen MR) is 146 cm³/mol. The van der Waals surface area contributed by atoms with Crippen LogP contribution in [0.4, 0.5) is 0 Å². The smallest absolute Gasteiger partial charge is 1.00 e. The molecule has 4 heteroatoms. The Morgan fingerprint density at radius 1 is 0.474 bits per heavy atom. The zero-order valence-electron chi connectivity index (χ0n) is 22.8. The Bertz CT molecular complexity index is 1340. The van der Waals surface area contributed by atoms with Crippen LogP contribution in [0.15, 0.2) is 91.0 Å². The normalized spacial score (nSPS) is 10.6. The van der Waals surface area contributed by atoms with Crippen LogP contribution in [-0.4, -0.2) is 0 Å². The van der Waals surface area contributed by atoms with Gasteiger partial charge in [-0.3, -0.25) is 0 Å². The van der Waals surface area contributed by atoms with E-state index in [-0.39, 0.29) is 58.9 Å². The molecule has 5 rings (SSSR count).